The molecule has 0 atom stereocenters. The van der Waals surface area contributed by atoms with Gasteiger partial charge in [-0.15, -0.1) is 0 Å². The summed E-state index contributed by atoms with van der Waals surface area (Å²) >= 11 is 0. The number of nitrogens with one attached hydrogen (secondary N) is 3. The molecule has 1 fully saturated rings. The molecule has 0 spiro atoms. The lowest BCUT2D eigenvalue weighted by Gasteiger charge is -2.28. The van der Waals surface area contributed by atoms with Gasteiger partial charge in [-0.05, 0) is 44.4 Å². The summed E-state index contributed by atoms with van der Waals surface area (Å²) in [5.74, 6) is 0.0969. The zero-order valence-corrected chi connectivity index (χ0v) is 20.9. The molecule has 12 heteroatoms. The van der Waals surface area contributed by atoms with Crippen LogP contribution in [0.2, 0.25) is 0 Å². The van der Waals surface area contributed by atoms with E-state index in [-0.39, 0.29) is 38.1 Å². The van der Waals surface area contributed by atoms with Crippen LogP contribution in [-0.4, -0.2) is 95.7 Å². The maximum atomic E-state index is 13.6. The summed E-state index contributed by atoms with van der Waals surface area (Å²) in [6.45, 7) is 1.98. The number of hydrogen-bond acceptors (Lipinski definition) is 9. The highest BCUT2D eigenvalue weighted by Crippen LogP contribution is 2.30. The molecule has 2 aromatic heterocycles. The number of aliphatic hydroxyl groups excluding tert-OH is 1. The van der Waals surface area contributed by atoms with Crippen molar-refractivity contribution in [3.8, 4) is 22.6 Å². The molecule has 0 unspecified atom stereocenters. The van der Waals surface area contributed by atoms with E-state index in [2.05, 4.69) is 30.5 Å². The number of rotatable bonds is 11. The van der Waals surface area contributed by atoms with Gasteiger partial charge >= 0.3 is 0 Å². The largest absolute Gasteiger partial charge is 0.395 e. The average Bonchev–Trinajstić information content (AvgIpc) is 3.32. The Bertz CT molecular complexity index is 1160. The van der Waals surface area contributed by atoms with Gasteiger partial charge in [-0.25, -0.2) is 19.3 Å². The van der Waals surface area contributed by atoms with Crippen molar-refractivity contribution < 1.29 is 23.8 Å². The summed E-state index contributed by atoms with van der Waals surface area (Å²) in [7, 11) is 3.98. The minimum Gasteiger partial charge on any atom is -0.395 e. The second-order valence-electron chi connectivity index (χ2n) is 8.92. The molecule has 1 saturated heterocycles. The first-order valence-corrected chi connectivity index (χ1v) is 12.1. The molecule has 1 aliphatic rings. The zero-order valence-electron chi connectivity index (χ0n) is 20.9. The molecular weight excluding hydrogens is 481 g/mol. The standard InChI is InChI=1S/C25H32FN7O4/c1-33(2)11-9-29-25-28-8-7-19(30-25)23-22(16-3-5-18(26)6-4-16)31-20(32-23)13-21-36-14-17(15-37-21)24(35)27-10-12-34/h3-8,17,21,34H,9-15H2,1-2H3,(H,27,35)(H,31,32)(H,28,29,30). The van der Waals surface area contributed by atoms with Gasteiger partial charge in [0.2, 0.25) is 11.9 Å². The molecule has 11 nitrogen and oxygen atoms in total. The van der Waals surface area contributed by atoms with Crippen molar-refractivity contribution in [3.05, 3.63) is 48.2 Å². The Kier molecular flexibility index (Phi) is 9.12. The molecule has 3 heterocycles. The first-order chi connectivity index (χ1) is 17.9. The van der Waals surface area contributed by atoms with Gasteiger partial charge in [0.15, 0.2) is 6.29 Å². The number of nitrogens with zero attached hydrogens (tertiary/aromatic N) is 4. The number of aromatic nitrogens is 4. The number of carbonyl (C=O) groups excluding carboxylic acids is 1. The third-order valence-corrected chi connectivity index (χ3v) is 5.73. The van der Waals surface area contributed by atoms with Crippen LogP contribution in [0.15, 0.2) is 36.5 Å². The van der Waals surface area contributed by atoms with Crippen LogP contribution in [0.4, 0.5) is 10.3 Å². The van der Waals surface area contributed by atoms with E-state index in [4.69, 9.17) is 19.6 Å². The quantitative estimate of drug-likeness (QED) is 0.299. The first-order valence-electron chi connectivity index (χ1n) is 12.1. The Labute approximate surface area is 214 Å². The van der Waals surface area contributed by atoms with Gasteiger partial charge in [0.25, 0.3) is 0 Å². The van der Waals surface area contributed by atoms with E-state index in [1.165, 1.54) is 12.1 Å². The fraction of sp³-hybridized carbons (Fsp3) is 0.440. The highest BCUT2D eigenvalue weighted by atomic mass is 19.1. The molecule has 0 aliphatic carbocycles. The van der Waals surface area contributed by atoms with E-state index in [0.717, 1.165) is 12.1 Å². The number of imidazole rings is 1. The summed E-state index contributed by atoms with van der Waals surface area (Å²) in [4.78, 5) is 31.2. The lowest BCUT2D eigenvalue weighted by atomic mass is 10.1. The number of aliphatic hydroxyl groups is 1. The molecule has 1 aromatic carbocycles. The number of aromatic amines is 1. The third-order valence-electron chi connectivity index (χ3n) is 5.73. The number of ether oxygens (including phenoxy) is 2. The van der Waals surface area contributed by atoms with Gasteiger partial charge < -0.3 is 35.1 Å². The Morgan fingerprint density at radius 2 is 1.92 bits per heavy atom. The molecule has 1 amide bonds. The predicted octanol–water partition coefficient (Wildman–Crippen LogP) is 1.29. The van der Waals surface area contributed by atoms with E-state index >= 15 is 0 Å². The summed E-state index contributed by atoms with van der Waals surface area (Å²) in [5.41, 5.74) is 2.64. The maximum absolute atomic E-state index is 13.6. The van der Waals surface area contributed by atoms with E-state index in [0.29, 0.717) is 41.8 Å². The Morgan fingerprint density at radius 1 is 1.16 bits per heavy atom. The van der Waals surface area contributed by atoms with Crippen molar-refractivity contribution in [1.82, 2.24) is 30.2 Å². The van der Waals surface area contributed by atoms with Crippen molar-refractivity contribution >= 4 is 11.9 Å². The van der Waals surface area contributed by atoms with Crippen LogP contribution in [0, 0.1) is 11.7 Å². The lowest BCUT2D eigenvalue weighted by molar-refractivity contribution is -0.200. The highest BCUT2D eigenvalue weighted by Gasteiger charge is 2.28. The van der Waals surface area contributed by atoms with Crippen LogP contribution in [0.5, 0.6) is 0 Å². The third kappa shape index (κ3) is 7.29. The summed E-state index contributed by atoms with van der Waals surface area (Å²) in [6, 6.07) is 7.89. The Hall–Kier alpha value is -3.45. The Balaban J connectivity index is 1.52. The number of carbonyl (C=O) groups is 1. The van der Waals surface area contributed by atoms with E-state index < -0.39 is 12.2 Å². The molecule has 37 heavy (non-hydrogen) atoms. The summed E-state index contributed by atoms with van der Waals surface area (Å²) < 4.78 is 25.1. The number of anilines is 1. The first kappa shape index (κ1) is 26.6. The number of H-pyrrole nitrogens is 1. The number of halogens is 1. The van der Waals surface area contributed by atoms with E-state index in [1.54, 1.807) is 24.4 Å². The van der Waals surface area contributed by atoms with Gasteiger partial charge in [-0.3, -0.25) is 4.79 Å². The van der Waals surface area contributed by atoms with Crippen LogP contribution >= 0.6 is 0 Å². The lowest BCUT2D eigenvalue weighted by Crippen LogP contribution is -2.43. The number of amides is 1. The van der Waals surface area contributed by atoms with E-state index in [1.807, 2.05) is 14.1 Å². The normalized spacial score (nSPS) is 17.6. The molecular formula is C25H32FN7O4. The molecule has 0 bridgehead atoms. The molecule has 3 aromatic rings. The molecule has 1 aliphatic heterocycles. The Morgan fingerprint density at radius 3 is 2.62 bits per heavy atom. The fourth-order valence-electron chi connectivity index (χ4n) is 3.79. The SMILES string of the molecule is CN(C)CCNc1nccc(-c2[nH]c(CC3OCC(C(=O)NCCO)CO3)nc2-c2ccc(F)cc2)n1. The minimum absolute atomic E-state index is 0.125. The van der Waals surface area contributed by atoms with Crippen molar-refractivity contribution in [3.63, 3.8) is 0 Å². The van der Waals surface area contributed by atoms with Gasteiger partial charge in [-0.2, -0.15) is 0 Å². The van der Waals surface area contributed by atoms with Crippen LogP contribution in [0.25, 0.3) is 22.6 Å². The van der Waals surface area contributed by atoms with Crippen molar-refractivity contribution in [2.24, 2.45) is 5.92 Å². The maximum Gasteiger partial charge on any atom is 0.227 e. The topological polar surface area (TPSA) is 138 Å². The second-order valence-corrected chi connectivity index (χ2v) is 8.92. The highest BCUT2D eigenvalue weighted by molar-refractivity contribution is 5.79. The predicted molar refractivity (Wildman–Crippen MR) is 135 cm³/mol. The number of hydrogen-bond donors (Lipinski definition) is 4. The van der Waals surface area contributed by atoms with Crippen molar-refractivity contribution in [2.45, 2.75) is 12.7 Å². The van der Waals surface area contributed by atoms with Crippen molar-refractivity contribution in [1.29, 1.82) is 0 Å². The van der Waals surface area contributed by atoms with Gasteiger partial charge in [0.05, 0.1) is 49.2 Å². The molecule has 0 saturated carbocycles. The van der Waals surface area contributed by atoms with Gasteiger partial charge in [0, 0.05) is 31.4 Å². The summed E-state index contributed by atoms with van der Waals surface area (Å²) in [5, 5.41) is 14.7. The smallest absolute Gasteiger partial charge is 0.227 e. The molecule has 4 rings (SSSR count). The second kappa shape index (κ2) is 12.7. The number of benzene rings is 1. The van der Waals surface area contributed by atoms with Crippen molar-refractivity contribution in [2.75, 3.05) is 58.9 Å². The fourth-order valence-corrected chi connectivity index (χ4v) is 3.79. The monoisotopic (exact) mass is 513 g/mol. The minimum atomic E-state index is -0.587. The molecule has 198 valence electrons. The van der Waals surface area contributed by atoms with Crippen LogP contribution in [-0.2, 0) is 20.7 Å². The van der Waals surface area contributed by atoms with Crippen LogP contribution < -0.4 is 10.6 Å². The molecule has 4 N–H and O–H groups in total. The summed E-state index contributed by atoms with van der Waals surface area (Å²) in [6.07, 6.45) is 1.40. The number of likely N-dealkylation sites (N-methyl/N-ethyl adjacent to an activating group) is 1. The van der Waals surface area contributed by atoms with Crippen LogP contribution in [0.3, 0.4) is 0 Å². The van der Waals surface area contributed by atoms with Gasteiger partial charge in [-0.1, -0.05) is 0 Å². The average molecular weight is 514 g/mol. The van der Waals surface area contributed by atoms with Gasteiger partial charge in [0.1, 0.15) is 11.6 Å². The van der Waals surface area contributed by atoms with E-state index in [9.17, 15) is 9.18 Å². The molecule has 0 radical (unpaired) electrons. The zero-order chi connectivity index (χ0) is 26.2. The van der Waals surface area contributed by atoms with Crippen LogP contribution in [0.1, 0.15) is 5.82 Å².